The fourth-order valence-corrected chi connectivity index (χ4v) is 3.94. The van der Waals surface area contributed by atoms with Crippen molar-refractivity contribution >= 4 is 11.4 Å². The number of rotatable bonds is 4. The van der Waals surface area contributed by atoms with Crippen LogP contribution in [0.1, 0.15) is 41.3 Å². The lowest BCUT2D eigenvalue weighted by Crippen LogP contribution is -2.36. The Hall–Kier alpha value is -3.47. The Morgan fingerprint density at radius 2 is 1.70 bits per heavy atom. The fraction of sp³-hybridized carbons (Fsp3) is 0.240. The molecule has 1 unspecified atom stereocenters. The lowest BCUT2D eigenvalue weighted by molar-refractivity contribution is 0.0851. The van der Waals surface area contributed by atoms with E-state index in [1.165, 1.54) is 5.56 Å². The van der Waals surface area contributed by atoms with E-state index in [0.29, 0.717) is 0 Å². The van der Waals surface area contributed by atoms with E-state index in [2.05, 4.69) is 54.3 Å². The van der Waals surface area contributed by atoms with Gasteiger partial charge in [-0.15, -0.1) is 0 Å². The molecule has 0 bridgehead atoms. The second-order valence-electron chi connectivity index (χ2n) is 8.04. The number of benzene rings is 2. The molecular formula is C25H24N4O. The number of hydrogen-bond acceptors (Lipinski definition) is 4. The van der Waals surface area contributed by atoms with Crippen molar-refractivity contribution in [2.75, 3.05) is 0 Å². The minimum Gasteiger partial charge on any atom is -0.466 e. The topological polar surface area (TPSA) is 51.8 Å². The van der Waals surface area contributed by atoms with Gasteiger partial charge in [0.1, 0.15) is 5.75 Å². The monoisotopic (exact) mass is 396 g/mol. The van der Waals surface area contributed by atoms with Gasteiger partial charge in [0, 0.05) is 23.9 Å². The summed E-state index contributed by atoms with van der Waals surface area (Å²) in [5.74, 6) is 0.848. The van der Waals surface area contributed by atoms with E-state index < -0.39 is 5.72 Å². The van der Waals surface area contributed by atoms with Gasteiger partial charge in [-0.2, -0.15) is 5.10 Å². The molecule has 150 valence electrons. The highest BCUT2D eigenvalue weighted by Crippen LogP contribution is 2.35. The maximum Gasteiger partial charge on any atom is 0.198 e. The summed E-state index contributed by atoms with van der Waals surface area (Å²) in [6.45, 7) is 6.16. The molecule has 30 heavy (non-hydrogen) atoms. The Balaban J connectivity index is 1.60. The Kier molecular flexibility index (Phi) is 4.39. The molecule has 0 N–H and O–H groups in total. The van der Waals surface area contributed by atoms with Crippen molar-refractivity contribution in [3.05, 3.63) is 94.9 Å². The summed E-state index contributed by atoms with van der Waals surface area (Å²) >= 11 is 0. The number of ether oxygens (including phenoxy) is 1. The number of para-hydroxylation sites is 1. The van der Waals surface area contributed by atoms with Crippen molar-refractivity contribution in [2.45, 2.75) is 39.3 Å². The highest BCUT2D eigenvalue weighted by atomic mass is 16.5. The number of fused-ring (bicyclic) bond motifs is 2. The average Bonchev–Trinajstić information content (AvgIpc) is 3.20. The van der Waals surface area contributed by atoms with Gasteiger partial charge in [0.25, 0.3) is 0 Å². The quantitative estimate of drug-likeness (QED) is 0.492. The van der Waals surface area contributed by atoms with E-state index in [-0.39, 0.29) is 0 Å². The minimum absolute atomic E-state index is 0.659. The lowest BCUT2D eigenvalue weighted by Gasteiger charge is -2.33. The first kappa shape index (κ1) is 18.6. The van der Waals surface area contributed by atoms with Crippen LogP contribution in [0.25, 0.3) is 5.65 Å². The summed E-state index contributed by atoms with van der Waals surface area (Å²) in [5, 5.41) is 4.60. The van der Waals surface area contributed by atoms with E-state index in [1.807, 2.05) is 48.1 Å². The summed E-state index contributed by atoms with van der Waals surface area (Å²) in [4.78, 5) is 9.79. The minimum atomic E-state index is -0.659. The zero-order valence-electron chi connectivity index (χ0n) is 17.5. The number of aryl methyl sites for hydroxylation is 3. The lowest BCUT2D eigenvalue weighted by atomic mass is 9.97. The third-order valence-corrected chi connectivity index (χ3v) is 5.81. The Morgan fingerprint density at radius 1 is 0.933 bits per heavy atom. The van der Waals surface area contributed by atoms with E-state index in [9.17, 15) is 0 Å². The molecule has 5 rings (SSSR count). The zero-order valence-corrected chi connectivity index (χ0v) is 17.5. The van der Waals surface area contributed by atoms with Crippen molar-refractivity contribution in [3.8, 4) is 5.75 Å². The number of aromatic nitrogens is 3. The standard InChI is InChI=1S/C25H24N4O/c1-17-15-26-24-21(16-27-29(24)18(17)2)23-20-11-7-8-12-22(20)30-25(3,28-23)14-13-19-9-5-4-6-10-19/h4-12,15-16H,13-14H2,1-3H3. The number of aliphatic imine (C=N–C) groups is 1. The molecule has 0 radical (unpaired) electrons. The molecule has 1 aliphatic heterocycles. The van der Waals surface area contributed by atoms with Gasteiger partial charge >= 0.3 is 0 Å². The third-order valence-electron chi connectivity index (χ3n) is 5.81. The molecule has 3 heterocycles. The molecule has 0 fully saturated rings. The first-order valence-electron chi connectivity index (χ1n) is 10.3. The average molecular weight is 396 g/mol. The van der Waals surface area contributed by atoms with E-state index >= 15 is 0 Å². The van der Waals surface area contributed by atoms with Crippen LogP contribution in [-0.4, -0.2) is 26.0 Å². The van der Waals surface area contributed by atoms with E-state index in [0.717, 1.165) is 52.3 Å². The summed E-state index contributed by atoms with van der Waals surface area (Å²) in [6.07, 6.45) is 5.44. The molecular weight excluding hydrogens is 372 g/mol. The fourth-order valence-electron chi connectivity index (χ4n) is 3.94. The van der Waals surface area contributed by atoms with Gasteiger partial charge in [0.2, 0.25) is 0 Å². The van der Waals surface area contributed by atoms with Crippen molar-refractivity contribution < 1.29 is 4.74 Å². The van der Waals surface area contributed by atoms with Crippen LogP contribution in [0.3, 0.4) is 0 Å². The maximum atomic E-state index is 6.39. The molecule has 1 aliphatic rings. The van der Waals surface area contributed by atoms with Crippen LogP contribution in [0.4, 0.5) is 0 Å². The van der Waals surface area contributed by atoms with Gasteiger partial charge < -0.3 is 4.74 Å². The predicted octanol–water partition coefficient (Wildman–Crippen LogP) is 4.92. The van der Waals surface area contributed by atoms with E-state index in [4.69, 9.17) is 9.73 Å². The highest BCUT2D eigenvalue weighted by molar-refractivity contribution is 6.18. The van der Waals surface area contributed by atoms with Gasteiger partial charge in [0.15, 0.2) is 11.4 Å². The Labute approximate surface area is 176 Å². The van der Waals surface area contributed by atoms with Crippen molar-refractivity contribution in [2.24, 2.45) is 4.99 Å². The van der Waals surface area contributed by atoms with Crippen LogP contribution in [0.5, 0.6) is 5.75 Å². The van der Waals surface area contributed by atoms with Crippen LogP contribution in [0, 0.1) is 13.8 Å². The molecule has 0 amide bonds. The van der Waals surface area contributed by atoms with Gasteiger partial charge in [-0.25, -0.2) is 14.5 Å². The SMILES string of the molecule is Cc1cnc2c(C3=NC(C)(CCc4ccccc4)Oc4ccccc43)cnn2c1C. The number of nitrogens with zero attached hydrogens (tertiary/aromatic N) is 4. The Bertz CT molecular complexity index is 1260. The van der Waals surface area contributed by atoms with Crippen LogP contribution in [0.2, 0.25) is 0 Å². The summed E-state index contributed by atoms with van der Waals surface area (Å²) in [6, 6.07) is 18.5. The largest absolute Gasteiger partial charge is 0.466 e. The zero-order chi connectivity index (χ0) is 20.7. The molecule has 0 spiro atoms. The van der Waals surface area contributed by atoms with E-state index in [1.54, 1.807) is 0 Å². The predicted molar refractivity (Wildman–Crippen MR) is 118 cm³/mol. The van der Waals surface area contributed by atoms with Crippen molar-refractivity contribution in [3.63, 3.8) is 0 Å². The van der Waals surface area contributed by atoms with Gasteiger partial charge in [-0.3, -0.25) is 0 Å². The van der Waals surface area contributed by atoms with Crippen LogP contribution in [-0.2, 0) is 6.42 Å². The van der Waals surface area contributed by atoms with Crippen molar-refractivity contribution in [1.29, 1.82) is 0 Å². The van der Waals surface area contributed by atoms with Crippen molar-refractivity contribution in [1.82, 2.24) is 14.6 Å². The second kappa shape index (κ2) is 7.10. The molecule has 0 saturated carbocycles. The molecule has 5 heteroatoms. The van der Waals surface area contributed by atoms with Crippen LogP contribution in [0.15, 0.2) is 72.0 Å². The maximum absolute atomic E-state index is 6.39. The highest BCUT2D eigenvalue weighted by Gasteiger charge is 2.34. The van der Waals surface area contributed by atoms with Crippen LogP contribution < -0.4 is 4.74 Å². The first-order chi connectivity index (χ1) is 14.5. The van der Waals surface area contributed by atoms with Gasteiger partial charge in [-0.1, -0.05) is 42.5 Å². The molecule has 2 aromatic carbocycles. The smallest absolute Gasteiger partial charge is 0.198 e. The molecule has 0 aliphatic carbocycles. The molecule has 0 saturated heterocycles. The summed E-state index contributed by atoms with van der Waals surface area (Å²) in [5.41, 5.74) is 6.43. The first-order valence-corrected chi connectivity index (χ1v) is 10.3. The normalized spacial score (nSPS) is 18.0. The van der Waals surface area contributed by atoms with Crippen LogP contribution >= 0.6 is 0 Å². The third kappa shape index (κ3) is 3.16. The summed E-state index contributed by atoms with van der Waals surface area (Å²) < 4.78 is 8.28. The van der Waals surface area contributed by atoms with Gasteiger partial charge in [0.05, 0.1) is 17.5 Å². The summed E-state index contributed by atoms with van der Waals surface area (Å²) in [7, 11) is 0. The molecule has 1 atom stereocenters. The second-order valence-corrected chi connectivity index (χ2v) is 8.04. The molecule has 5 nitrogen and oxygen atoms in total. The van der Waals surface area contributed by atoms with Gasteiger partial charge in [-0.05, 0) is 50.5 Å². The molecule has 2 aromatic heterocycles. The molecule has 4 aromatic rings. The number of hydrogen-bond donors (Lipinski definition) is 0. The Morgan fingerprint density at radius 3 is 2.53 bits per heavy atom.